The molecule has 21 heavy (non-hydrogen) atoms. The van der Waals surface area contributed by atoms with Crippen molar-refractivity contribution in [2.24, 2.45) is 0 Å². The predicted octanol–water partition coefficient (Wildman–Crippen LogP) is 0.656. The van der Waals surface area contributed by atoms with Crippen LogP contribution in [0.1, 0.15) is 0 Å². The van der Waals surface area contributed by atoms with E-state index in [1.54, 1.807) is 0 Å². The fourth-order valence-electron chi connectivity index (χ4n) is 1.92. The smallest absolute Gasteiger partial charge is 0.328 e. The van der Waals surface area contributed by atoms with Crippen LogP contribution in [-0.4, -0.2) is 54.3 Å². The minimum Gasteiger partial charge on any atom is -0.481 e. The molecule has 2 rings (SSSR count). The number of hydrogen-bond acceptors (Lipinski definition) is 4. The molecule has 0 radical (unpaired) electrons. The average Bonchev–Trinajstić information content (AvgIpc) is 2.46. The van der Waals surface area contributed by atoms with Gasteiger partial charge in [-0.25, -0.2) is 13.6 Å². The SMILES string of the molecule is O=C(O)[C@@H]1COCCN1C(=O)COc1ccc(F)cc1F. The Morgan fingerprint density at radius 1 is 1.43 bits per heavy atom. The van der Waals surface area contributed by atoms with Gasteiger partial charge in [-0.05, 0) is 12.1 Å². The van der Waals surface area contributed by atoms with Crippen LogP contribution in [-0.2, 0) is 14.3 Å². The lowest BCUT2D eigenvalue weighted by molar-refractivity contribution is -0.159. The zero-order chi connectivity index (χ0) is 15.4. The van der Waals surface area contributed by atoms with Gasteiger partial charge in [0.2, 0.25) is 0 Å². The maximum atomic E-state index is 13.3. The van der Waals surface area contributed by atoms with Crippen LogP contribution in [0.2, 0.25) is 0 Å². The summed E-state index contributed by atoms with van der Waals surface area (Å²) in [6.45, 7) is -0.302. The van der Waals surface area contributed by atoms with Crippen LogP contribution in [0.3, 0.4) is 0 Å². The number of amides is 1. The van der Waals surface area contributed by atoms with Gasteiger partial charge >= 0.3 is 5.97 Å². The van der Waals surface area contributed by atoms with Crippen molar-refractivity contribution in [2.45, 2.75) is 6.04 Å². The maximum absolute atomic E-state index is 13.3. The van der Waals surface area contributed by atoms with Gasteiger partial charge in [0.1, 0.15) is 5.82 Å². The summed E-state index contributed by atoms with van der Waals surface area (Å²) in [7, 11) is 0. The molecule has 1 aliphatic rings. The molecule has 1 N–H and O–H groups in total. The van der Waals surface area contributed by atoms with E-state index in [9.17, 15) is 18.4 Å². The number of carbonyl (C=O) groups is 2. The molecule has 1 atom stereocenters. The molecule has 8 heteroatoms. The van der Waals surface area contributed by atoms with Gasteiger partial charge in [0.25, 0.3) is 5.91 Å². The van der Waals surface area contributed by atoms with E-state index in [0.29, 0.717) is 6.07 Å². The fourth-order valence-corrected chi connectivity index (χ4v) is 1.92. The summed E-state index contributed by atoms with van der Waals surface area (Å²) < 4.78 is 36.0. The van der Waals surface area contributed by atoms with Crippen molar-refractivity contribution in [1.29, 1.82) is 0 Å². The number of aliphatic carboxylic acids is 1. The molecule has 0 aliphatic carbocycles. The summed E-state index contributed by atoms with van der Waals surface area (Å²) in [6.07, 6.45) is 0. The van der Waals surface area contributed by atoms with E-state index in [1.807, 2.05) is 0 Å². The highest BCUT2D eigenvalue weighted by Crippen LogP contribution is 2.18. The van der Waals surface area contributed by atoms with Crippen LogP contribution in [0.4, 0.5) is 8.78 Å². The summed E-state index contributed by atoms with van der Waals surface area (Å²) in [6, 6.07) is 1.60. The Morgan fingerprint density at radius 2 is 2.19 bits per heavy atom. The minimum atomic E-state index is -1.18. The molecule has 1 aromatic rings. The van der Waals surface area contributed by atoms with Crippen molar-refractivity contribution in [3.63, 3.8) is 0 Å². The minimum absolute atomic E-state index is 0.105. The first-order chi connectivity index (χ1) is 9.99. The Hall–Kier alpha value is -2.22. The quantitative estimate of drug-likeness (QED) is 0.884. The van der Waals surface area contributed by atoms with Crippen molar-refractivity contribution in [3.05, 3.63) is 29.8 Å². The highest BCUT2D eigenvalue weighted by molar-refractivity contribution is 5.84. The van der Waals surface area contributed by atoms with Gasteiger partial charge in [-0.2, -0.15) is 0 Å². The number of carbonyl (C=O) groups excluding carboxylic acids is 1. The lowest BCUT2D eigenvalue weighted by Crippen LogP contribution is -2.53. The van der Waals surface area contributed by atoms with Gasteiger partial charge in [-0.3, -0.25) is 4.79 Å². The normalized spacial score (nSPS) is 18.4. The molecule has 1 aliphatic heterocycles. The first kappa shape index (κ1) is 15.2. The van der Waals surface area contributed by atoms with Crippen LogP contribution in [0.5, 0.6) is 5.75 Å². The molecular weight excluding hydrogens is 288 g/mol. The second-order valence-electron chi connectivity index (χ2n) is 4.38. The van der Waals surface area contributed by atoms with Gasteiger partial charge in [0.15, 0.2) is 24.2 Å². The highest BCUT2D eigenvalue weighted by Gasteiger charge is 2.32. The zero-order valence-corrected chi connectivity index (χ0v) is 10.9. The van der Waals surface area contributed by atoms with Crippen LogP contribution in [0.25, 0.3) is 0 Å². The zero-order valence-electron chi connectivity index (χ0n) is 10.9. The van der Waals surface area contributed by atoms with Gasteiger partial charge in [0.05, 0.1) is 13.2 Å². The van der Waals surface area contributed by atoms with Crippen LogP contribution >= 0.6 is 0 Å². The topological polar surface area (TPSA) is 76.1 Å². The van der Waals surface area contributed by atoms with Crippen LogP contribution in [0.15, 0.2) is 18.2 Å². The summed E-state index contributed by atoms with van der Waals surface area (Å²) in [4.78, 5) is 24.1. The number of carboxylic acid groups (broad SMARTS) is 1. The van der Waals surface area contributed by atoms with Crippen molar-refractivity contribution in [3.8, 4) is 5.75 Å². The molecule has 0 bridgehead atoms. The molecule has 114 valence electrons. The van der Waals surface area contributed by atoms with Gasteiger partial charge in [0, 0.05) is 12.6 Å². The van der Waals surface area contributed by atoms with Gasteiger partial charge < -0.3 is 19.5 Å². The van der Waals surface area contributed by atoms with Gasteiger partial charge in [-0.15, -0.1) is 0 Å². The molecule has 0 aromatic heterocycles. The molecule has 1 fully saturated rings. The third-order valence-electron chi connectivity index (χ3n) is 2.98. The molecule has 0 unspecified atom stereocenters. The number of carboxylic acids is 1. The van der Waals surface area contributed by atoms with E-state index in [-0.39, 0.29) is 25.5 Å². The Bertz CT molecular complexity index is 551. The van der Waals surface area contributed by atoms with Crippen molar-refractivity contribution < 1.29 is 33.0 Å². The molecule has 1 saturated heterocycles. The van der Waals surface area contributed by atoms with E-state index in [4.69, 9.17) is 14.6 Å². The van der Waals surface area contributed by atoms with E-state index in [2.05, 4.69) is 0 Å². The molecule has 1 aromatic carbocycles. The molecule has 0 spiro atoms. The third-order valence-corrected chi connectivity index (χ3v) is 2.98. The van der Waals surface area contributed by atoms with E-state index in [1.165, 1.54) is 0 Å². The summed E-state index contributed by atoms with van der Waals surface area (Å²) in [5.41, 5.74) is 0. The van der Waals surface area contributed by atoms with Crippen molar-refractivity contribution in [2.75, 3.05) is 26.4 Å². The van der Waals surface area contributed by atoms with E-state index in [0.717, 1.165) is 17.0 Å². The molecular formula is C13H13F2NO5. The first-order valence-corrected chi connectivity index (χ1v) is 6.17. The Balaban J connectivity index is 1.98. The predicted molar refractivity (Wildman–Crippen MR) is 65.8 cm³/mol. The molecule has 0 saturated carbocycles. The summed E-state index contributed by atoms with van der Waals surface area (Å²) >= 11 is 0. The number of hydrogen-bond donors (Lipinski definition) is 1. The van der Waals surface area contributed by atoms with E-state index < -0.39 is 36.2 Å². The Morgan fingerprint density at radius 3 is 2.86 bits per heavy atom. The Kier molecular flexibility index (Phi) is 4.69. The Labute approximate surface area is 118 Å². The average molecular weight is 301 g/mol. The number of rotatable bonds is 4. The largest absolute Gasteiger partial charge is 0.481 e. The summed E-state index contributed by atoms with van der Waals surface area (Å²) in [5, 5.41) is 9.00. The first-order valence-electron chi connectivity index (χ1n) is 6.17. The molecule has 1 amide bonds. The number of nitrogens with zero attached hydrogens (tertiary/aromatic N) is 1. The van der Waals surface area contributed by atoms with E-state index >= 15 is 0 Å². The molecule has 1 heterocycles. The number of morpholine rings is 1. The maximum Gasteiger partial charge on any atom is 0.328 e. The number of halogens is 2. The number of benzene rings is 1. The third kappa shape index (κ3) is 3.66. The second kappa shape index (κ2) is 6.49. The van der Waals surface area contributed by atoms with Crippen molar-refractivity contribution >= 4 is 11.9 Å². The van der Waals surface area contributed by atoms with Gasteiger partial charge in [-0.1, -0.05) is 0 Å². The summed E-state index contributed by atoms with van der Waals surface area (Å²) in [5.74, 6) is -3.75. The lowest BCUT2D eigenvalue weighted by atomic mass is 10.2. The standard InChI is InChI=1S/C13H13F2NO5/c14-8-1-2-11(9(15)5-8)21-7-12(17)16-3-4-20-6-10(16)13(18)19/h1-2,5,10H,3-4,6-7H2,(H,18,19)/t10-/m0/s1. The highest BCUT2D eigenvalue weighted by atomic mass is 19.1. The van der Waals surface area contributed by atoms with Crippen LogP contribution < -0.4 is 4.74 Å². The second-order valence-corrected chi connectivity index (χ2v) is 4.38. The lowest BCUT2D eigenvalue weighted by Gasteiger charge is -2.32. The molecule has 6 nitrogen and oxygen atoms in total. The fraction of sp³-hybridized carbons (Fsp3) is 0.385. The number of ether oxygens (including phenoxy) is 2. The van der Waals surface area contributed by atoms with Crippen molar-refractivity contribution in [1.82, 2.24) is 4.90 Å². The van der Waals surface area contributed by atoms with Crippen LogP contribution in [0, 0.1) is 11.6 Å². The monoisotopic (exact) mass is 301 g/mol.